The molecule has 0 N–H and O–H groups in total. The van der Waals surface area contributed by atoms with Gasteiger partial charge in [0.1, 0.15) is 0 Å². The van der Waals surface area contributed by atoms with Crippen LogP contribution in [-0.4, -0.2) is 13.6 Å². The molecule has 23 heavy (non-hydrogen) atoms. The number of fused-ring (bicyclic) bond motifs is 1. The quantitative estimate of drug-likeness (QED) is 0.759. The van der Waals surface area contributed by atoms with E-state index < -0.39 is 0 Å². The zero-order chi connectivity index (χ0) is 16.4. The highest BCUT2D eigenvalue weighted by Crippen LogP contribution is 2.37. The third-order valence-corrected chi connectivity index (χ3v) is 4.69. The van der Waals surface area contributed by atoms with Crippen molar-refractivity contribution < 1.29 is 0 Å². The van der Waals surface area contributed by atoms with E-state index >= 15 is 0 Å². The lowest BCUT2D eigenvalue weighted by atomic mass is 10.0. The molecule has 3 rings (SSSR count). The first-order valence-electron chi connectivity index (χ1n) is 8.53. The predicted octanol–water partition coefficient (Wildman–Crippen LogP) is 5.09. The van der Waals surface area contributed by atoms with Gasteiger partial charge in [-0.05, 0) is 48.2 Å². The number of nitrogens with zero attached hydrogens (tertiary/aromatic N) is 2. The fourth-order valence-electron chi connectivity index (χ4n) is 3.27. The van der Waals surface area contributed by atoms with Gasteiger partial charge in [0.15, 0.2) is 0 Å². The maximum atomic E-state index is 4.35. The minimum absolute atomic E-state index is 0.916. The molecule has 0 radical (unpaired) electrons. The average Bonchev–Trinajstić information content (AvgIpc) is 2.91. The van der Waals surface area contributed by atoms with Gasteiger partial charge in [-0.2, -0.15) is 0 Å². The molecule has 0 spiro atoms. The van der Waals surface area contributed by atoms with Crippen molar-refractivity contribution in [2.24, 2.45) is 0 Å². The van der Waals surface area contributed by atoms with Crippen molar-refractivity contribution >= 4 is 17.1 Å². The Labute approximate surface area is 140 Å². The smallest absolute Gasteiger partial charge is 0.0488 e. The highest BCUT2D eigenvalue weighted by molar-refractivity contribution is 5.84. The van der Waals surface area contributed by atoms with E-state index in [1.165, 1.54) is 28.1 Å². The van der Waals surface area contributed by atoms with Crippen molar-refractivity contribution in [2.45, 2.75) is 33.2 Å². The van der Waals surface area contributed by atoms with Gasteiger partial charge >= 0.3 is 0 Å². The van der Waals surface area contributed by atoms with Gasteiger partial charge in [0, 0.05) is 42.8 Å². The molecular formula is C21H26N2. The highest BCUT2D eigenvalue weighted by Gasteiger charge is 2.23. The van der Waals surface area contributed by atoms with Crippen LogP contribution in [0.3, 0.4) is 0 Å². The summed E-state index contributed by atoms with van der Waals surface area (Å²) in [5, 5.41) is 0. The molecule has 0 saturated carbocycles. The number of anilines is 2. The van der Waals surface area contributed by atoms with E-state index in [2.05, 4.69) is 79.7 Å². The maximum absolute atomic E-state index is 4.35. The second kappa shape index (κ2) is 6.49. The van der Waals surface area contributed by atoms with E-state index in [0.29, 0.717) is 0 Å². The monoisotopic (exact) mass is 306 g/mol. The Bertz CT molecular complexity index is 718. The third kappa shape index (κ3) is 2.98. The molecule has 0 aromatic heterocycles. The zero-order valence-corrected chi connectivity index (χ0v) is 14.5. The van der Waals surface area contributed by atoms with Crippen LogP contribution in [0.5, 0.6) is 0 Å². The van der Waals surface area contributed by atoms with Crippen LogP contribution in [0.4, 0.5) is 11.4 Å². The molecule has 2 heteroatoms. The largest absolute Gasteiger partial charge is 0.375 e. The molecule has 1 heterocycles. The molecule has 0 atom stereocenters. The lowest BCUT2D eigenvalue weighted by molar-refractivity contribution is 0.852. The van der Waals surface area contributed by atoms with E-state index in [9.17, 15) is 0 Å². The zero-order valence-electron chi connectivity index (χ0n) is 14.5. The Kier molecular flexibility index (Phi) is 4.42. The van der Waals surface area contributed by atoms with Crippen LogP contribution in [0.25, 0.3) is 5.70 Å². The first kappa shape index (κ1) is 15.7. The summed E-state index contributed by atoms with van der Waals surface area (Å²) in [4.78, 5) is 4.64. The van der Waals surface area contributed by atoms with Crippen molar-refractivity contribution in [3.05, 3.63) is 65.7 Å². The number of benzene rings is 2. The molecule has 2 aromatic carbocycles. The molecule has 2 aromatic rings. The summed E-state index contributed by atoms with van der Waals surface area (Å²) in [5.74, 6) is 0. The Morgan fingerprint density at radius 3 is 2.70 bits per heavy atom. The Morgan fingerprint density at radius 1 is 1.13 bits per heavy atom. The lowest BCUT2D eigenvalue weighted by Gasteiger charge is -2.23. The fourth-order valence-corrected chi connectivity index (χ4v) is 3.27. The summed E-state index contributed by atoms with van der Waals surface area (Å²) in [7, 11) is 2.16. The Hall–Kier alpha value is -2.22. The van der Waals surface area contributed by atoms with Crippen LogP contribution in [0.15, 0.2) is 49.0 Å². The van der Waals surface area contributed by atoms with Gasteiger partial charge in [0.05, 0.1) is 0 Å². The van der Waals surface area contributed by atoms with Gasteiger partial charge in [-0.25, -0.2) is 0 Å². The van der Waals surface area contributed by atoms with E-state index in [1.54, 1.807) is 0 Å². The molecule has 1 aliphatic heterocycles. The molecule has 0 fully saturated rings. The normalized spacial score (nSPS) is 13.3. The first-order chi connectivity index (χ1) is 11.1. The average molecular weight is 306 g/mol. The van der Waals surface area contributed by atoms with Crippen molar-refractivity contribution in [1.82, 2.24) is 0 Å². The standard InChI is InChI=1S/C21H26N2/c1-5-12-22(4)19-8-7-9-20(14-19)23-15-18-11-10-17(6-2)13-21(18)16(23)3/h7-11,13-14H,3,5-6,12,15H2,1-2,4H3. The summed E-state index contributed by atoms with van der Waals surface area (Å²) in [5.41, 5.74) is 7.66. The molecule has 0 unspecified atom stereocenters. The molecule has 2 nitrogen and oxygen atoms in total. The Balaban J connectivity index is 1.89. The third-order valence-electron chi connectivity index (χ3n) is 4.69. The predicted molar refractivity (Wildman–Crippen MR) is 101 cm³/mol. The summed E-state index contributed by atoms with van der Waals surface area (Å²) in [6.45, 7) is 10.8. The second-order valence-electron chi connectivity index (χ2n) is 6.32. The van der Waals surface area contributed by atoms with Gasteiger partial charge in [0.25, 0.3) is 0 Å². The SMILES string of the molecule is C=C1c2cc(CC)ccc2CN1c1cccc(N(C)CCC)c1. The first-order valence-corrected chi connectivity index (χ1v) is 8.53. The highest BCUT2D eigenvalue weighted by atomic mass is 15.2. The number of hydrogen-bond donors (Lipinski definition) is 0. The van der Waals surface area contributed by atoms with Crippen LogP contribution in [0.2, 0.25) is 0 Å². The topological polar surface area (TPSA) is 6.48 Å². The second-order valence-corrected chi connectivity index (χ2v) is 6.32. The van der Waals surface area contributed by atoms with Crippen LogP contribution in [0.1, 0.15) is 37.0 Å². The minimum Gasteiger partial charge on any atom is -0.375 e. The van der Waals surface area contributed by atoms with Crippen molar-refractivity contribution in [3.63, 3.8) is 0 Å². The summed E-state index contributed by atoms with van der Waals surface area (Å²) < 4.78 is 0. The summed E-state index contributed by atoms with van der Waals surface area (Å²) in [6, 6.07) is 15.6. The van der Waals surface area contributed by atoms with E-state index in [1.807, 2.05) is 0 Å². The van der Waals surface area contributed by atoms with Crippen molar-refractivity contribution in [3.8, 4) is 0 Å². The molecule has 0 saturated heterocycles. The number of rotatable bonds is 5. The lowest BCUT2D eigenvalue weighted by Crippen LogP contribution is -2.19. The van der Waals surface area contributed by atoms with Crippen LogP contribution < -0.4 is 9.80 Å². The van der Waals surface area contributed by atoms with Crippen LogP contribution in [0, 0.1) is 0 Å². The van der Waals surface area contributed by atoms with E-state index in [0.717, 1.165) is 31.6 Å². The van der Waals surface area contributed by atoms with Crippen molar-refractivity contribution in [1.29, 1.82) is 0 Å². The van der Waals surface area contributed by atoms with Gasteiger partial charge in [-0.15, -0.1) is 0 Å². The summed E-state index contributed by atoms with van der Waals surface area (Å²) in [6.07, 6.45) is 2.22. The minimum atomic E-state index is 0.916. The van der Waals surface area contributed by atoms with Gasteiger partial charge in [-0.3, -0.25) is 0 Å². The van der Waals surface area contributed by atoms with Crippen molar-refractivity contribution in [2.75, 3.05) is 23.4 Å². The van der Waals surface area contributed by atoms with Gasteiger partial charge < -0.3 is 9.80 Å². The van der Waals surface area contributed by atoms with Gasteiger partial charge in [0.2, 0.25) is 0 Å². The number of aryl methyl sites for hydroxylation is 1. The molecule has 0 bridgehead atoms. The molecule has 0 amide bonds. The van der Waals surface area contributed by atoms with Gasteiger partial charge in [-0.1, -0.05) is 38.6 Å². The maximum Gasteiger partial charge on any atom is 0.0488 e. The molecular weight excluding hydrogens is 280 g/mol. The molecule has 120 valence electrons. The fraction of sp³-hybridized carbons (Fsp3) is 0.333. The molecule has 0 aliphatic carbocycles. The number of hydrogen-bond acceptors (Lipinski definition) is 2. The van der Waals surface area contributed by atoms with E-state index in [4.69, 9.17) is 0 Å². The molecule has 1 aliphatic rings. The van der Waals surface area contributed by atoms with Crippen LogP contribution >= 0.6 is 0 Å². The summed E-state index contributed by atoms with van der Waals surface area (Å²) >= 11 is 0. The van der Waals surface area contributed by atoms with E-state index in [-0.39, 0.29) is 0 Å². The van der Waals surface area contributed by atoms with Crippen LogP contribution in [-0.2, 0) is 13.0 Å². The Morgan fingerprint density at radius 2 is 1.96 bits per heavy atom.